The maximum atomic E-state index is 11.9. The zero-order valence-corrected chi connectivity index (χ0v) is 17.0. The first-order valence-corrected chi connectivity index (χ1v) is 9.45. The number of hydrogen-bond donors (Lipinski definition) is 1. The number of carbonyl (C=O) groups excluding carboxylic acids is 1. The number of nitrogens with zero attached hydrogens (tertiary/aromatic N) is 1. The number of methoxy groups -OCH3 is 1. The van der Waals surface area contributed by atoms with Crippen LogP contribution in [0.4, 0.5) is 0 Å². The van der Waals surface area contributed by atoms with Gasteiger partial charge in [0.25, 0.3) is 6.01 Å². The highest BCUT2D eigenvalue weighted by molar-refractivity contribution is 6.34. The van der Waals surface area contributed by atoms with Crippen molar-refractivity contribution in [2.75, 3.05) is 7.11 Å². The minimum Gasteiger partial charge on any atom is -0.465 e. The number of nitrogens with one attached hydrogen (secondary N) is 1. The summed E-state index contributed by atoms with van der Waals surface area (Å²) in [5.41, 5.74) is 5.86. The van der Waals surface area contributed by atoms with Gasteiger partial charge in [0.05, 0.1) is 28.7 Å². The fraction of sp³-hybridized carbons (Fsp3) is 0.130. The second-order valence-corrected chi connectivity index (χ2v) is 7.24. The quantitative estimate of drug-likeness (QED) is 0.417. The van der Waals surface area contributed by atoms with Crippen molar-refractivity contribution in [1.82, 2.24) is 9.97 Å². The zero-order chi connectivity index (χ0) is 20.5. The van der Waals surface area contributed by atoms with Crippen molar-refractivity contribution in [3.8, 4) is 22.9 Å². The molecule has 1 N–H and O–H groups in total. The summed E-state index contributed by atoms with van der Waals surface area (Å²) in [6, 6.07) is 17.5. The molecule has 0 radical (unpaired) electrons. The molecule has 0 saturated heterocycles. The van der Waals surface area contributed by atoms with Crippen molar-refractivity contribution >= 4 is 28.6 Å². The Morgan fingerprint density at radius 2 is 1.90 bits per heavy atom. The van der Waals surface area contributed by atoms with E-state index in [1.165, 1.54) is 7.11 Å². The molecule has 29 heavy (non-hydrogen) atoms. The monoisotopic (exact) mass is 406 g/mol. The van der Waals surface area contributed by atoms with Gasteiger partial charge in [0.2, 0.25) is 0 Å². The first-order chi connectivity index (χ1) is 13.9. The van der Waals surface area contributed by atoms with Crippen molar-refractivity contribution in [3.63, 3.8) is 0 Å². The molecule has 4 rings (SSSR count). The predicted molar refractivity (Wildman–Crippen MR) is 114 cm³/mol. The Bertz CT molecular complexity index is 1230. The summed E-state index contributed by atoms with van der Waals surface area (Å²) >= 11 is 6.51. The third kappa shape index (κ3) is 3.82. The van der Waals surface area contributed by atoms with E-state index in [9.17, 15) is 4.79 Å². The summed E-state index contributed by atoms with van der Waals surface area (Å²) in [6.45, 7) is 3.88. The van der Waals surface area contributed by atoms with Gasteiger partial charge in [-0.05, 0) is 49.2 Å². The van der Waals surface area contributed by atoms with Gasteiger partial charge in [0.15, 0.2) is 0 Å². The Hall–Kier alpha value is -3.31. The Kier molecular flexibility index (Phi) is 4.99. The van der Waals surface area contributed by atoms with Crippen molar-refractivity contribution in [1.29, 1.82) is 0 Å². The van der Waals surface area contributed by atoms with Crippen LogP contribution in [0.25, 0.3) is 22.2 Å². The molecule has 1 heterocycles. The summed E-state index contributed by atoms with van der Waals surface area (Å²) in [5.74, 6) is 0.0761. The van der Waals surface area contributed by atoms with Gasteiger partial charge in [-0.15, -0.1) is 0 Å². The molecule has 3 aromatic carbocycles. The van der Waals surface area contributed by atoms with Gasteiger partial charge in [-0.1, -0.05) is 47.5 Å². The van der Waals surface area contributed by atoms with Crippen LogP contribution in [-0.4, -0.2) is 23.0 Å². The van der Waals surface area contributed by atoms with E-state index in [1.54, 1.807) is 18.2 Å². The van der Waals surface area contributed by atoms with E-state index in [-0.39, 0.29) is 0 Å². The first-order valence-electron chi connectivity index (χ1n) is 9.08. The lowest BCUT2D eigenvalue weighted by atomic mass is 10.0. The van der Waals surface area contributed by atoms with Crippen molar-refractivity contribution in [3.05, 3.63) is 76.3 Å². The lowest BCUT2D eigenvalue weighted by Gasteiger charge is -2.07. The average molecular weight is 407 g/mol. The Balaban J connectivity index is 1.69. The summed E-state index contributed by atoms with van der Waals surface area (Å²) < 4.78 is 10.7. The molecule has 6 heteroatoms. The predicted octanol–water partition coefficient (Wildman–Crippen LogP) is 6.08. The summed E-state index contributed by atoms with van der Waals surface area (Å²) in [5, 5.41) is 0.626. The maximum Gasteiger partial charge on any atom is 0.338 e. The number of benzene rings is 3. The summed E-state index contributed by atoms with van der Waals surface area (Å²) in [7, 11) is 1.35. The van der Waals surface area contributed by atoms with E-state index in [0.29, 0.717) is 22.3 Å². The number of hydrogen-bond acceptors (Lipinski definition) is 4. The largest absolute Gasteiger partial charge is 0.465 e. The van der Waals surface area contributed by atoms with Crippen molar-refractivity contribution in [2.45, 2.75) is 13.8 Å². The number of esters is 1. The third-order valence-electron chi connectivity index (χ3n) is 4.71. The Labute approximate surface area is 173 Å². The fourth-order valence-electron chi connectivity index (χ4n) is 3.20. The number of aromatic nitrogens is 2. The number of imidazole rings is 1. The van der Waals surface area contributed by atoms with E-state index in [0.717, 1.165) is 33.3 Å². The first kappa shape index (κ1) is 19.0. The number of rotatable bonds is 4. The van der Waals surface area contributed by atoms with E-state index in [4.69, 9.17) is 21.1 Å². The molecule has 0 atom stereocenters. The number of halogens is 1. The molecule has 1 aromatic heterocycles. The fourth-order valence-corrected chi connectivity index (χ4v) is 3.47. The summed E-state index contributed by atoms with van der Waals surface area (Å²) in [4.78, 5) is 19.5. The van der Waals surface area contributed by atoms with Gasteiger partial charge in [-0.25, -0.2) is 4.79 Å². The minimum absolute atomic E-state index is 0.317. The van der Waals surface area contributed by atoms with Crippen LogP contribution in [0.5, 0.6) is 11.8 Å². The lowest BCUT2D eigenvalue weighted by Crippen LogP contribution is -2.04. The molecule has 0 amide bonds. The topological polar surface area (TPSA) is 64.2 Å². The highest BCUT2D eigenvalue weighted by Gasteiger charge is 2.14. The van der Waals surface area contributed by atoms with Gasteiger partial charge in [-0.3, -0.25) is 0 Å². The second-order valence-electron chi connectivity index (χ2n) is 6.83. The number of H-pyrrole nitrogens is 1. The summed E-state index contributed by atoms with van der Waals surface area (Å²) in [6.07, 6.45) is 0. The Morgan fingerprint density at radius 1 is 1.07 bits per heavy atom. The van der Waals surface area contributed by atoms with Crippen LogP contribution < -0.4 is 4.74 Å². The second kappa shape index (κ2) is 7.60. The lowest BCUT2D eigenvalue weighted by molar-refractivity contribution is 0.0599. The van der Waals surface area contributed by atoms with Crippen molar-refractivity contribution in [2.24, 2.45) is 0 Å². The molecule has 0 fully saturated rings. The van der Waals surface area contributed by atoms with E-state index in [1.807, 2.05) is 44.2 Å². The van der Waals surface area contributed by atoms with Crippen LogP contribution in [0.15, 0.2) is 54.6 Å². The maximum absolute atomic E-state index is 11.9. The molecular weight excluding hydrogens is 388 g/mol. The smallest absolute Gasteiger partial charge is 0.338 e. The molecule has 0 spiro atoms. The van der Waals surface area contributed by atoms with Crippen LogP contribution in [0.3, 0.4) is 0 Å². The van der Waals surface area contributed by atoms with Gasteiger partial charge in [0, 0.05) is 5.56 Å². The number of aryl methyl sites for hydroxylation is 2. The highest BCUT2D eigenvalue weighted by Crippen LogP contribution is 2.33. The third-order valence-corrected chi connectivity index (χ3v) is 5.02. The van der Waals surface area contributed by atoms with Crippen molar-refractivity contribution < 1.29 is 14.3 Å². The van der Waals surface area contributed by atoms with Crippen LogP contribution in [-0.2, 0) is 4.74 Å². The van der Waals surface area contributed by atoms with Crippen LogP contribution in [0.1, 0.15) is 21.5 Å². The van der Waals surface area contributed by atoms with Gasteiger partial charge >= 0.3 is 5.97 Å². The number of carbonyl (C=O) groups is 1. The molecule has 0 aliphatic rings. The van der Waals surface area contributed by atoms with Gasteiger partial charge in [-0.2, -0.15) is 4.98 Å². The van der Waals surface area contributed by atoms with E-state index >= 15 is 0 Å². The molecule has 4 aromatic rings. The van der Waals surface area contributed by atoms with E-state index < -0.39 is 5.97 Å². The number of fused-ring (bicyclic) bond motifs is 1. The molecule has 0 aliphatic heterocycles. The van der Waals surface area contributed by atoms with Crippen LogP contribution >= 0.6 is 11.6 Å². The Morgan fingerprint density at radius 3 is 2.66 bits per heavy atom. The average Bonchev–Trinajstić information content (AvgIpc) is 3.09. The normalized spacial score (nSPS) is 10.9. The molecule has 0 unspecified atom stereocenters. The molecule has 146 valence electrons. The number of ether oxygens (including phenoxy) is 2. The zero-order valence-electron chi connectivity index (χ0n) is 16.2. The molecule has 0 aliphatic carbocycles. The molecule has 5 nitrogen and oxygen atoms in total. The highest BCUT2D eigenvalue weighted by atomic mass is 35.5. The van der Waals surface area contributed by atoms with Gasteiger partial charge < -0.3 is 14.5 Å². The van der Waals surface area contributed by atoms with Gasteiger partial charge in [0.1, 0.15) is 5.75 Å². The molecule has 0 bridgehead atoms. The van der Waals surface area contributed by atoms with E-state index in [2.05, 4.69) is 16.0 Å². The molecular formula is C23H19ClN2O3. The van der Waals surface area contributed by atoms with Crippen LogP contribution in [0, 0.1) is 13.8 Å². The standard InChI is InChI=1S/C23H19ClN2O3/c1-13-5-4-6-15(9-13)18-11-20-21(12-19(18)24)26-23(25-20)29-16-8-7-14(2)17(10-16)22(27)28-3/h4-12H,1-3H3,(H,25,26). The minimum atomic E-state index is -0.410. The van der Waals surface area contributed by atoms with Crippen LogP contribution in [0.2, 0.25) is 5.02 Å². The molecule has 0 saturated carbocycles. The number of aromatic amines is 1. The SMILES string of the molecule is COC(=O)c1cc(Oc2nc3cc(-c4cccc(C)c4)c(Cl)cc3[nH]2)ccc1C.